The van der Waals surface area contributed by atoms with Gasteiger partial charge in [-0.2, -0.15) is 0 Å². The van der Waals surface area contributed by atoms with Gasteiger partial charge in [0, 0.05) is 24.9 Å². The van der Waals surface area contributed by atoms with Gasteiger partial charge in [0.1, 0.15) is 0 Å². The van der Waals surface area contributed by atoms with Crippen LogP contribution in [-0.2, 0) is 17.9 Å². The highest BCUT2D eigenvalue weighted by Crippen LogP contribution is 2.12. The van der Waals surface area contributed by atoms with Crippen LogP contribution in [-0.4, -0.2) is 27.4 Å². The molecule has 2 heterocycles. The van der Waals surface area contributed by atoms with Crippen LogP contribution in [0.5, 0.6) is 0 Å². The number of H-pyrrole nitrogens is 1. The topological polar surface area (TPSA) is 58.1 Å². The van der Waals surface area contributed by atoms with E-state index in [-0.39, 0.29) is 24.4 Å². The van der Waals surface area contributed by atoms with Gasteiger partial charge in [-0.25, -0.2) is 0 Å². The van der Waals surface area contributed by atoms with Gasteiger partial charge in [0.05, 0.1) is 17.4 Å². The summed E-state index contributed by atoms with van der Waals surface area (Å²) in [5, 5.41) is 2.56. The fourth-order valence-corrected chi connectivity index (χ4v) is 3.57. The lowest BCUT2D eigenvalue weighted by Crippen LogP contribution is -2.29. The lowest BCUT2D eigenvalue weighted by atomic mass is 10.2. The Balaban J connectivity index is 1.74. The Bertz CT molecular complexity index is 973. The molecule has 124 valence electrons. The number of amides is 1. The summed E-state index contributed by atoms with van der Waals surface area (Å²) in [4.78, 5) is 30.7. The second-order valence-corrected chi connectivity index (χ2v) is 6.93. The van der Waals surface area contributed by atoms with Crippen LogP contribution >= 0.6 is 23.6 Å². The van der Waals surface area contributed by atoms with Crippen LogP contribution in [0.3, 0.4) is 0 Å². The molecule has 0 bridgehead atoms. The van der Waals surface area contributed by atoms with E-state index in [1.807, 2.05) is 35.7 Å². The van der Waals surface area contributed by atoms with Crippen molar-refractivity contribution in [1.82, 2.24) is 14.5 Å². The zero-order valence-electron chi connectivity index (χ0n) is 13.2. The van der Waals surface area contributed by atoms with Crippen LogP contribution < -0.4 is 5.56 Å². The summed E-state index contributed by atoms with van der Waals surface area (Å²) < 4.78 is 1.79. The molecule has 1 aromatic carbocycles. The first-order valence-electron chi connectivity index (χ1n) is 7.54. The van der Waals surface area contributed by atoms with Crippen LogP contribution in [0.25, 0.3) is 10.9 Å². The number of carbonyl (C=O) groups is 1. The summed E-state index contributed by atoms with van der Waals surface area (Å²) in [7, 11) is 1.77. The maximum Gasteiger partial charge on any atom is 0.262 e. The number of benzene rings is 1. The van der Waals surface area contributed by atoms with E-state index in [1.54, 1.807) is 29.4 Å². The molecule has 3 rings (SSSR count). The molecule has 0 atom stereocenters. The molecule has 0 aliphatic heterocycles. The third kappa shape index (κ3) is 3.47. The zero-order chi connectivity index (χ0) is 17.1. The number of nitrogens with zero attached hydrogens (tertiary/aromatic N) is 2. The van der Waals surface area contributed by atoms with E-state index in [1.165, 1.54) is 4.57 Å². The molecule has 0 aliphatic rings. The molecule has 1 N–H and O–H groups in total. The van der Waals surface area contributed by atoms with Gasteiger partial charge in [-0.1, -0.05) is 18.2 Å². The minimum atomic E-state index is -0.164. The molecule has 0 saturated carbocycles. The Labute approximate surface area is 148 Å². The third-order valence-electron chi connectivity index (χ3n) is 3.84. The predicted molar refractivity (Wildman–Crippen MR) is 98.8 cm³/mol. The van der Waals surface area contributed by atoms with Gasteiger partial charge < -0.3 is 9.88 Å². The van der Waals surface area contributed by atoms with Gasteiger partial charge in [-0.3, -0.25) is 14.2 Å². The van der Waals surface area contributed by atoms with Gasteiger partial charge in [-0.05, 0) is 35.8 Å². The Kier molecular flexibility index (Phi) is 4.92. The van der Waals surface area contributed by atoms with Gasteiger partial charge in [0.25, 0.3) is 5.56 Å². The summed E-state index contributed by atoms with van der Waals surface area (Å²) in [6.45, 7) is 0.850. The number of hydrogen-bond donors (Lipinski definition) is 1. The molecule has 0 aliphatic carbocycles. The number of aromatic nitrogens is 2. The minimum Gasteiger partial charge on any atom is -0.341 e. The number of nitrogens with one attached hydrogen (secondary N) is 1. The van der Waals surface area contributed by atoms with Crippen molar-refractivity contribution in [3.05, 3.63) is 61.8 Å². The van der Waals surface area contributed by atoms with E-state index in [9.17, 15) is 9.59 Å². The summed E-state index contributed by atoms with van der Waals surface area (Å²) in [5.74, 6) is -0.0159. The van der Waals surface area contributed by atoms with Crippen LogP contribution in [0.1, 0.15) is 11.3 Å². The SMILES string of the molecule is CN(Cc1cccs1)C(=O)CCn1c(=S)[nH]c2ccccc2c1=O. The van der Waals surface area contributed by atoms with Crippen LogP contribution in [0.2, 0.25) is 0 Å². The molecule has 1 amide bonds. The van der Waals surface area contributed by atoms with Crippen LogP contribution in [0.4, 0.5) is 0 Å². The number of rotatable bonds is 5. The maximum atomic E-state index is 12.5. The fraction of sp³-hybridized carbons (Fsp3) is 0.235. The molecule has 5 nitrogen and oxygen atoms in total. The van der Waals surface area contributed by atoms with Crippen LogP contribution in [0, 0.1) is 4.77 Å². The van der Waals surface area contributed by atoms with Crippen molar-refractivity contribution in [3.63, 3.8) is 0 Å². The maximum absolute atomic E-state index is 12.5. The second-order valence-electron chi connectivity index (χ2n) is 5.51. The van der Waals surface area contributed by atoms with Gasteiger partial charge in [0.15, 0.2) is 4.77 Å². The average Bonchev–Trinajstić information content (AvgIpc) is 3.07. The number of fused-ring (bicyclic) bond motifs is 1. The molecular weight excluding hydrogens is 342 g/mol. The quantitative estimate of drug-likeness (QED) is 0.712. The first-order chi connectivity index (χ1) is 11.6. The number of carbonyl (C=O) groups excluding carboxylic acids is 1. The first kappa shape index (κ1) is 16.6. The predicted octanol–water partition coefficient (Wildman–Crippen LogP) is 3.17. The third-order valence-corrected chi connectivity index (χ3v) is 5.02. The lowest BCUT2D eigenvalue weighted by Gasteiger charge is -2.16. The smallest absolute Gasteiger partial charge is 0.262 e. The van der Waals surface area contributed by atoms with E-state index in [4.69, 9.17) is 12.2 Å². The van der Waals surface area contributed by atoms with E-state index in [0.717, 1.165) is 4.88 Å². The fourth-order valence-electron chi connectivity index (χ4n) is 2.52. The van der Waals surface area contributed by atoms with Gasteiger partial charge >= 0.3 is 0 Å². The summed E-state index contributed by atoms with van der Waals surface area (Å²) in [5.41, 5.74) is 0.549. The Morgan fingerprint density at radius 3 is 2.83 bits per heavy atom. The minimum absolute atomic E-state index is 0.0159. The van der Waals surface area contributed by atoms with Crippen molar-refractivity contribution >= 4 is 40.4 Å². The van der Waals surface area contributed by atoms with Crippen molar-refractivity contribution in [3.8, 4) is 0 Å². The number of thiophene rings is 1. The Hall–Kier alpha value is -2.25. The summed E-state index contributed by atoms with van der Waals surface area (Å²) in [6, 6.07) is 11.2. The van der Waals surface area contributed by atoms with Crippen molar-refractivity contribution in [2.75, 3.05) is 7.05 Å². The van der Waals surface area contributed by atoms with E-state index < -0.39 is 0 Å². The molecule has 0 saturated heterocycles. The molecule has 2 aromatic heterocycles. The van der Waals surface area contributed by atoms with Crippen molar-refractivity contribution in [2.24, 2.45) is 0 Å². The van der Waals surface area contributed by atoms with Crippen molar-refractivity contribution < 1.29 is 4.79 Å². The first-order valence-corrected chi connectivity index (χ1v) is 8.83. The molecular formula is C17H17N3O2S2. The van der Waals surface area contributed by atoms with Gasteiger partial charge in [-0.15, -0.1) is 11.3 Å². The normalized spacial score (nSPS) is 10.9. The molecule has 24 heavy (non-hydrogen) atoms. The highest BCUT2D eigenvalue weighted by atomic mass is 32.1. The number of para-hydroxylation sites is 1. The van der Waals surface area contributed by atoms with Crippen molar-refractivity contribution in [2.45, 2.75) is 19.5 Å². The second kappa shape index (κ2) is 7.11. The molecule has 3 aromatic rings. The molecule has 0 fully saturated rings. The number of aromatic amines is 1. The van der Waals surface area contributed by atoms with E-state index in [0.29, 0.717) is 22.2 Å². The number of hydrogen-bond acceptors (Lipinski definition) is 4. The largest absolute Gasteiger partial charge is 0.341 e. The Morgan fingerprint density at radius 1 is 1.29 bits per heavy atom. The van der Waals surface area contributed by atoms with Crippen molar-refractivity contribution in [1.29, 1.82) is 0 Å². The summed E-state index contributed by atoms with van der Waals surface area (Å²) >= 11 is 6.88. The Morgan fingerprint density at radius 2 is 2.08 bits per heavy atom. The molecule has 0 radical (unpaired) electrons. The molecule has 0 unspecified atom stereocenters. The van der Waals surface area contributed by atoms with E-state index >= 15 is 0 Å². The van der Waals surface area contributed by atoms with Gasteiger partial charge in [0.2, 0.25) is 5.91 Å². The lowest BCUT2D eigenvalue weighted by molar-refractivity contribution is -0.130. The average molecular weight is 359 g/mol. The van der Waals surface area contributed by atoms with E-state index in [2.05, 4.69) is 4.98 Å². The highest BCUT2D eigenvalue weighted by Gasteiger charge is 2.12. The summed E-state index contributed by atoms with van der Waals surface area (Å²) in [6.07, 6.45) is 0.234. The monoisotopic (exact) mass is 359 g/mol. The highest BCUT2D eigenvalue weighted by molar-refractivity contribution is 7.71. The zero-order valence-corrected chi connectivity index (χ0v) is 14.8. The molecule has 0 spiro atoms. The van der Waals surface area contributed by atoms with Crippen LogP contribution in [0.15, 0.2) is 46.6 Å². The molecule has 7 heteroatoms. The standard InChI is InChI=1S/C17H17N3O2S2/c1-19(11-12-5-4-10-24-12)15(21)8-9-20-16(22)13-6-2-3-7-14(13)18-17(20)23/h2-7,10H,8-9,11H2,1H3,(H,18,23).